The molecule has 2 aromatic heterocycles. The van der Waals surface area contributed by atoms with Crippen molar-refractivity contribution in [2.75, 3.05) is 0 Å². The van der Waals surface area contributed by atoms with E-state index in [0.717, 1.165) is 12.1 Å². The second-order valence-electron chi connectivity index (χ2n) is 9.50. The monoisotopic (exact) mass is 655 g/mol. The van der Waals surface area contributed by atoms with E-state index in [2.05, 4.69) is 22.1 Å². The molecule has 35 heavy (non-hydrogen) atoms. The Morgan fingerprint density at radius 1 is 0.600 bits per heavy atom. The maximum absolute atomic E-state index is 15.1. The van der Waals surface area contributed by atoms with Gasteiger partial charge in [-0.3, -0.25) is 17.6 Å². The number of fused-ring (bicyclic) bond motifs is 10. The second kappa shape index (κ2) is 8.67. The molecular weight excluding hydrogens is 635 g/mol. The number of benzene rings is 2. The van der Waals surface area contributed by atoms with Crippen molar-refractivity contribution in [3.8, 4) is 22.5 Å². The Kier molecular flexibility index (Phi) is 6.25. The Labute approximate surface area is 215 Å². The molecule has 0 spiro atoms. The number of nitrogens with zero attached hydrogens (tertiary/aromatic N) is 2. The molecule has 3 heterocycles. The summed E-state index contributed by atoms with van der Waals surface area (Å²) in [7, 11) is 0. The van der Waals surface area contributed by atoms with Crippen molar-refractivity contribution in [3.05, 3.63) is 106 Å². The maximum atomic E-state index is 15.1. The van der Waals surface area contributed by atoms with E-state index in [1.54, 1.807) is 50.2 Å². The zero-order valence-corrected chi connectivity index (χ0v) is 21.6. The van der Waals surface area contributed by atoms with Gasteiger partial charge in [0.05, 0.1) is 0 Å². The van der Waals surface area contributed by atoms with Crippen LogP contribution in [-0.2, 0) is 31.9 Å². The maximum Gasteiger partial charge on any atom is 2.00 e. The van der Waals surface area contributed by atoms with Gasteiger partial charge in [0.25, 0.3) is 0 Å². The minimum Gasteiger partial charge on any atom is -0.300 e. The summed E-state index contributed by atoms with van der Waals surface area (Å²) in [6.07, 6.45) is 0. The molecule has 0 N–H and O–H groups in total. The van der Waals surface area contributed by atoms with Gasteiger partial charge in [-0.1, -0.05) is 72.5 Å². The topological polar surface area (TPSA) is 25.8 Å². The molecular formula is C28H20F4N2Pt. The number of halogens is 4. The van der Waals surface area contributed by atoms with Crippen molar-refractivity contribution in [3.63, 3.8) is 0 Å². The van der Waals surface area contributed by atoms with Crippen LogP contribution in [0.5, 0.6) is 0 Å². The SMILES string of the molecule is CC1(C)c2cccc(n2)-c2[c-]c(c(F)cc2F)C(C)(C)c2[c-]c(c(F)cc2F)-c2cccc1n2.[Pt+2]. The Morgan fingerprint density at radius 3 is 1.40 bits per heavy atom. The normalized spacial score (nSPS) is 15.1. The summed E-state index contributed by atoms with van der Waals surface area (Å²) < 4.78 is 60.0. The van der Waals surface area contributed by atoms with Crippen LogP contribution in [-0.4, -0.2) is 9.97 Å². The molecule has 0 unspecified atom stereocenters. The summed E-state index contributed by atoms with van der Waals surface area (Å²) in [5.74, 6) is -3.46. The molecule has 2 nitrogen and oxygen atoms in total. The molecule has 0 amide bonds. The minimum atomic E-state index is -1.36. The van der Waals surface area contributed by atoms with Gasteiger partial charge in [0.15, 0.2) is 0 Å². The molecule has 5 rings (SSSR count). The van der Waals surface area contributed by atoms with Gasteiger partial charge >= 0.3 is 21.1 Å². The van der Waals surface area contributed by atoms with E-state index < -0.39 is 34.1 Å². The fraction of sp³-hybridized carbons (Fsp3) is 0.214. The molecule has 0 saturated heterocycles. The molecule has 1 aliphatic heterocycles. The molecule has 1 aliphatic rings. The first-order valence-corrected chi connectivity index (χ1v) is 10.8. The molecule has 7 heteroatoms. The number of hydrogen-bond acceptors (Lipinski definition) is 2. The quantitative estimate of drug-likeness (QED) is 0.152. The predicted octanol–water partition coefficient (Wildman–Crippen LogP) is 6.93. The van der Waals surface area contributed by atoms with E-state index >= 15 is 8.78 Å². The zero-order valence-electron chi connectivity index (χ0n) is 19.3. The van der Waals surface area contributed by atoms with Gasteiger partial charge in [0.1, 0.15) is 0 Å². The largest absolute Gasteiger partial charge is 2.00 e. The molecule has 2 aromatic carbocycles. The van der Waals surface area contributed by atoms with E-state index in [1.165, 1.54) is 0 Å². The molecule has 0 atom stereocenters. The fourth-order valence-electron chi connectivity index (χ4n) is 4.38. The van der Waals surface area contributed by atoms with Gasteiger partial charge in [-0.2, -0.15) is 0 Å². The third-order valence-electron chi connectivity index (χ3n) is 6.50. The van der Waals surface area contributed by atoms with Crippen molar-refractivity contribution >= 4 is 0 Å². The summed E-state index contributed by atoms with van der Waals surface area (Å²) in [6.45, 7) is 6.91. The summed E-state index contributed by atoms with van der Waals surface area (Å²) in [5, 5.41) is 0. The van der Waals surface area contributed by atoms with E-state index in [9.17, 15) is 8.78 Å². The van der Waals surface area contributed by atoms with Gasteiger partial charge in [-0.15, -0.1) is 12.1 Å². The first-order valence-electron chi connectivity index (χ1n) is 10.8. The van der Waals surface area contributed by atoms with E-state index in [-0.39, 0.29) is 54.7 Å². The molecule has 0 radical (unpaired) electrons. The van der Waals surface area contributed by atoms with E-state index in [4.69, 9.17) is 0 Å². The first-order chi connectivity index (χ1) is 16.0. The van der Waals surface area contributed by atoms with Gasteiger partial charge in [-0.05, 0) is 42.8 Å². The standard InChI is InChI=1S/C28H20F4N2.Pt/c1-27(2)17-11-15(19(29)13-21(17)31)23-7-5-9-25(33-23)28(3,4)26-10-6-8-24(34-26)16-12-18(27)22(32)14-20(16)30;/h5-10,13-14H,1-4H3;/q-2;+2. The molecule has 0 saturated carbocycles. The van der Waals surface area contributed by atoms with Crippen molar-refractivity contribution in [1.29, 1.82) is 0 Å². The van der Waals surface area contributed by atoms with Crippen LogP contribution in [0.1, 0.15) is 50.2 Å². The Bertz CT molecular complexity index is 1360. The molecule has 0 aliphatic carbocycles. The van der Waals surface area contributed by atoms with Crippen LogP contribution < -0.4 is 0 Å². The minimum absolute atomic E-state index is 0. The first kappa shape index (κ1) is 25.2. The fourth-order valence-corrected chi connectivity index (χ4v) is 4.38. The number of rotatable bonds is 0. The van der Waals surface area contributed by atoms with Crippen LogP contribution in [0.15, 0.2) is 48.5 Å². The summed E-state index contributed by atoms with van der Waals surface area (Å²) >= 11 is 0. The van der Waals surface area contributed by atoms with E-state index in [0.29, 0.717) is 11.4 Å². The second-order valence-corrected chi connectivity index (χ2v) is 9.50. The van der Waals surface area contributed by atoms with Crippen LogP contribution >= 0.6 is 0 Å². The van der Waals surface area contributed by atoms with Crippen molar-refractivity contribution < 1.29 is 38.6 Å². The van der Waals surface area contributed by atoms with Crippen molar-refractivity contribution in [1.82, 2.24) is 9.97 Å². The Balaban J connectivity index is 0.00000289. The molecule has 4 aromatic rings. The Hall–Kier alpha value is -2.85. The number of hydrogen-bond donors (Lipinski definition) is 0. The average molecular weight is 656 g/mol. The van der Waals surface area contributed by atoms with Crippen LogP contribution in [0, 0.1) is 35.4 Å². The average Bonchev–Trinajstić information content (AvgIpc) is 2.78. The van der Waals surface area contributed by atoms with Crippen LogP contribution in [0.25, 0.3) is 22.5 Å². The Morgan fingerprint density at radius 2 is 1.00 bits per heavy atom. The third-order valence-corrected chi connectivity index (χ3v) is 6.50. The number of pyridine rings is 2. The zero-order chi connectivity index (χ0) is 24.4. The summed E-state index contributed by atoms with van der Waals surface area (Å²) in [6, 6.07) is 17.4. The van der Waals surface area contributed by atoms with Crippen LogP contribution in [0.3, 0.4) is 0 Å². The summed E-state index contributed by atoms with van der Waals surface area (Å²) in [5.41, 5.74) is -0.639. The van der Waals surface area contributed by atoms with Crippen molar-refractivity contribution in [2.24, 2.45) is 0 Å². The van der Waals surface area contributed by atoms with Gasteiger partial charge in [-0.25, -0.2) is 0 Å². The van der Waals surface area contributed by atoms with Gasteiger partial charge in [0.2, 0.25) is 0 Å². The summed E-state index contributed by atoms with van der Waals surface area (Å²) in [4.78, 5) is 9.31. The predicted molar refractivity (Wildman–Crippen MR) is 121 cm³/mol. The van der Waals surface area contributed by atoms with Gasteiger partial charge < -0.3 is 9.97 Å². The molecule has 0 fully saturated rings. The van der Waals surface area contributed by atoms with E-state index in [1.807, 2.05) is 13.8 Å². The van der Waals surface area contributed by atoms with Gasteiger partial charge in [0, 0.05) is 40.1 Å². The smallest absolute Gasteiger partial charge is 0.300 e. The van der Waals surface area contributed by atoms with Crippen molar-refractivity contribution in [2.45, 2.75) is 38.5 Å². The van der Waals surface area contributed by atoms with Crippen LogP contribution in [0.4, 0.5) is 17.6 Å². The molecule has 8 bridgehead atoms. The third kappa shape index (κ3) is 4.02. The molecule has 180 valence electrons. The van der Waals surface area contributed by atoms with Crippen LogP contribution in [0.2, 0.25) is 0 Å². The number of aromatic nitrogens is 2.